The zero-order valence-electron chi connectivity index (χ0n) is 10.6. The Labute approximate surface area is 113 Å². The molecule has 2 rings (SSSR count). The molecule has 0 aromatic heterocycles. The lowest BCUT2D eigenvalue weighted by Crippen LogP contribution is -2.46. The van der Waals surface area contributed by atoms with Crippen LogP contribution in [0.4, 0.5) is 0 Å². The van der Waals surface area contributed by atoms with Gasteiger partial charge < -0.3 is 4.74 Å². The van der Waals surface area contributed by atoms with Crippen LogP contribution in [-0.2, 0) is 16.0 Å². The summed E-state index contributed by atoms with van der Waals surface area (Å²) in [6, 6.07) is 7.46. The number of hydrogen-bond donors (Lipinski definition) is 0. The molecule has 0 spiro atoms. The molecule has 4 heteroatoms. The minimum atomic E-state index is -0.310. The highest BCUT2D eigenvalue weighted by Crippen LogP contribution is 2.17. The number of morpholine rings is 1. The molecule has 1 aliphatic heterocycles. The van der Waals surface area contributed by atoms with Gasteiger partial charge in [-0.2, -0.15) is 0 Å². The normalized spacial score (nSPS) is 20.9. The first kappa shape index (κ1) is 13.5. The Morgan fingerprint density at radius 3 is 3.00 bits per heavy atom. The first-order valence-electron chi connectivity index (χ1n) is 6.30. The number of likely N-dealkylation sites (N-methyl/N-ethyl adjacent to an activating group) is 1. The Kier molecular flexibility index (Phi) is 4.75. The van der Waals surface area contributed by atoms with E-state index < -0.39 is 0 Å². The number of Topliss-reactive ketones (excluding diaryl/α,β-unsaturated/α-hetero) is 1. The maximum Gasteiger partial charge on any atom is 0.167 e. The monoisotopic (exact) mass is 267 g/mol. The van der Waals surface area contributed by atoms with Crippen LogP contribution >= 0.6 is 11.6 Å². The van der Waals surface area contributed by atoms with Gasteiger partial charge >= 0.3 is 0 Å². The number of carbonyl (C=O) groups is 1. The van der Waals surface area contributed by atoms with Crippen molar-refractivity contribution >= 4 is 17.4 Å². The number of hydrogen-bond acceptors (Lipinski definition) is 3. The molecule has 98 valence electrons. The van der Waals surface area contributed by atoms with Gasteiger partial charge in [-0.1, -0.05) is 36.7 Å². The summed E-state index contributed by atoms with van der Waals surface area (Å²) in [7, 11) is 0. The molecule has 1 atom stereocenters. The molecule has 1 aliphatic rings. The van der Waals surface area contributed by atoms with Gasteiger partial charge in [0.15, 0.2) is 5.78 Å². The van der Waals surface area contributed by atoms with Crippen molar-refractivity contribution in [2.24, 2.45) is 0 Å². The Balaban J connectivity index is 1.97. The number of rotatable bonds is 4. The van der Waals surface area contributed by atoms with Crippen molar-refractivity contribution in [2.75, 3.05) is 26.2 Å². The Morgan fingerprint density at radius 2 is 2.28 bits per heavy atom. The van der Waals surface area contributed by atoms with Crippen LogP contribution in [0.3, 0.4) is 0 Å². The SMILES string of the molecule is CCN1CCOC(C(=O)Cc2ccccc2Cl)C1. The fourth-order valence-electron chi connectivity index (χ4n) is 2.13. The molecule has 0 saturated carbocycles. The van der Waals surface area contributed by atoms with E-state index in [4.69, 9.17) is 16.3 Å². The van der Waals surface area contributed by atoms with Gasteiger partial charge in [-0.15, -0.1) is 0 Å². The van der Waals surface area contributed by atoms with E-state index in [-0.39, 0.29) is 11.9 Å². The highest BCUT2D eigenvalue weighted by molar-refractivity contribution is 6.31. The third-order valence-electron chi connectivity index (χ3n) is 3.28. The number of ketones is 1. The van der Waals surface area contributed by atoms with Crippen molar-refractivity contribution in [3.05, 3.63) is 34.9 Å². The summed E-state index contributed by atoms with van der Waals surface area (Å²) < 4.78 is 5.55. The van der Waals surface area contributed by atoms with Crippen molar-refractivity contribution in [1.82, 2.24) is 4.90 Å². The number of halogens is 1. The minimum Gasteiger partial charge on any atom is -0.368 e. The fourth-order valence-corrected chi connectivity index (χ4v) is 2.33. The summed E-state index contributed by atoms with van der Waals surface area (Å²) in [5.74, 6) is 0.112. The lowest BCUT2D eigenvalue weighted by atomic mass is 10.0. The maximum absolute atomic E-state index is 12.2. The summed E-state index contributed by atoms with van der Waals surface area (Å²) in [6.07, 6.45) is 0.0389. The van der Waals surface area contributed by atoms with E-state index in [2.05, 4.69) is 11.8 Å². The molecule has 0 aliphatic carbocycles. The molecule has 1 unspecified atom stereocenters. The molecule has 1 fully saturated rings. The second-order valence-electron chi connectivity index (χ2n) is 4.49. The van der Waals surface area contributed by atoms with Crippen molar-refractivity contribution in [2.45, 2.75) is 19.4 Å². The van der Waals surface area contributed by atoms with E-state index in [0.29, 0.717) is 24.6 Å². The molecule has 3 nitrogen and oxygen atoms in total. The van der Waals surface area contributed by atoms with Gasteiger partial charge in [0.05, 0.1) is 6.61 Å². The van der Waals surface area contributed by atoms with Crippen LogP contribution in [0.5, 0.6) is 0 Å². The average molecular weight is 268 g/mol. The lowest BCUT2D eigenvalue weighted by Gasteiger charge is -2.31. The molecule has 1 aromatic rings. The summed E-state index contributed by atoms with van der Waals surface area (Å²) in [5.41, 5.74) is 0.876. The fraction of sp³-hybridized carbons (Fsp3) is 0.500. The van der Waals surface area contributed by atoms with Crippen LogP contribution < -0.4 is 0 Å². The van der Waals surface area contributed by atoms with Crippen LogP contribution in [0.1, 0.15) is 12.5 Å². The van der Waals surface area contributed by atoms with Gasteiger partial charge in [0, 0.05) is 24.5 Å². The quantitative estimate of drug-likeness (QED) is 0.837. The van der Waals surface area contributed by atoms with Gasteiger partial charge in [-0.3, -0.25) is 9.69 Å². The molecule has 1 heterocycles. The van der Waals surface area contributed by atoms with Crippen molar-refractivity contribution in [3.63, 3.8) is 0 Å². The highest BCUT2D eigenvalue weighted by Gasteiger charge is 2.25. The predicted molar refractivity (Wildman–Crippen MR) is 72.0 cm³/mol. The Hall–Kier alpha value is -0.900. The van der Waals surface area contributed by atoms with E-state index in [1.54, 1.807) is 0 Å². The first-order chi connectivity index (χ1) is 8.70. The molecule has 0 radical (unpaired) electrons. The third-order valence-corrected chi connectivity index (χ3v) is 3.65. The largest absolute Gasteiger partial charge is 0.368 e. The maximum atomic E-state index is 12.2. The van der Waals surface area contributed by atoms with Gasteiger partial charge in [0.25, 0.3) is 0 Å². The zero-order chi connectivity index (χ0) is 13.0. The van der Waals surface area contributed by atoms with Crippen molar-refractivity contribution < 1.29 is 9.53 Å². The number of carbonyl (C=O) groups excluding carboxylic acids is 1. The molecule has 1 saturated heterocycles. The number of nitrogens with zero attached hydrogens (tertiary/aromatic N) is 1. The van der Waals surface area contributed by atoms with E-state index in [1.165, 1.54) is 0 Å². The third kappa shape index (κ3) is 3.31. The summed E-state index contributed by atoms with van der Waals surface area (Å²) in [4.78, 5) is 14.4. The molecule has 0 amide bonds. The van der Waals surface area contributed by atoms with Crippen LogP contribution in [0, 0.1) is 0 Å². The van der Waals surface area contributed by atoms with E-state index in [9.17, 15) is 4.79 Å². The summed E-state index contributed by atoms with van der Waals surface area (Å²) in [5, 5.41) is 0.647. The second kappa shape index (κ2) is 6.32. The lowest BCUT2D eigenvalue weighted by molar-refractivity contribution is -0.135. The second-order valence-corrected chi connectivity index (χ2v) is 4.89. The van der Waals surface area contributed by atoms with E-state index in [0.717, 1.165) is 18.7 Å². The van der Waals surface area contributed by atoms with E-state index >= 15 is 0 Å². The number of benzene rings is 1. The Morgan fingerprint density at radius 1 is 1.50 bits per heavy atom. The molecule has 0 N–H and O–H groups in total. The average Bonchev–Trinajstić information content (AvgIpc) is 2.41. The van der Waals surface area contributed by atoms with Crippen LogP contribution in [0.15, 0.2) is 24.3 Å². The molecular formula is C14H18ClNO2. The van der Waals surface area contributed by atoms with Crippen LogP contribution in [-0.4, -0.2) is 43.0 Å². The zero-order valence-corrected chi connectivity index (χ0v) is 11.3. The van der Waals surface area contributed by atoms with Gasteiger partial charge in [0.1, 0.15) is 6.10 Å². The van der Waals surface area contributed by atoms with Gasteiger partial charge in [-0.25, -0.2) is 0 Å². The van der Waals surface area contributed by atoms with Crippen LogP contribution in [0.25, 0.3) is 0 Å². The predicted octanol–water partition coefficient (Wildman–Crippen LogP) is 2.17. The summed E-state index contributed by atoms with van der Waals surface area (Å²) in [6.45, 7) is 5.29. The Bertz CT molecular complexity index is 422. The molecule has 18 heavy (non-hydrogen) atoms. The number of ether oxygens (including phenoxy) is 1. The highest BCUT2D eigenvalue weighted by atomic mass is 35.5. The van der Waals surface area contributed by atoms with Gasteiger partial charge in [-0.05, 0) is 18.2 Å². The standard InChI is InChI=1S/C14H18ClNO2/c1-2-16-7-8-18-14(10-16)13(17)9-11-5-3-4-6-12(11)15/h3-6,14H,2,7-10H2,1H3. The van der Waals surface area contributed by atoms with Crippen LogP contribution in [0.2, 0.25) is 5.02 Å². The molecular weight excluding hydrogens is 250 g/mol. The summed E-state index contributed by atoms with van der Waals surface area (Å²) >= 11 is 6.06. The smallest absolute Gasteiger partial charge is 0.167 e. The topological polar surface area (TPSA) is 29.5 Å². The molecule has 1 aromatic carbocycles. The molecule has 0 bridgehead atoms. The minimum absolute atomic E-state index is 0.112. The van der Waals surface area contributed by atoms with E-state index in [1.807, 2.05) is 24.3 Å². The van der Waals surface area contributed by atoms with Crippen molar-refractivity contribution in [3.8, 4) is 0 Å². The van der Waals surface area contributed by atoms with Crippen molar-refractivity contribution in [1.29, 1.82) is 0 Å². The van der Waals surface area contributed by atoms with Gasteiger partial charge in [0.2, 0.25) is 0 Å². The first-order valence-corrected chi connectivity index (χ1v) is 6.68.